The Morgan fingerprint density at radius 1 is 1.47 bits per heavy atom. The van der Waals surface area contributed by atoms with Gasteiger partial charge in [-0.25, -0.2) is 0 Å². The number of ether oxygens (including phenoxy) is 1. The van der Waals surface area contributed by atoms with E-state index in [-0.39, 0.29) is 12.4 Å². The first kappa shape index (κ1) is 14.8. The zero-order valence-electron chi connectivity index (χ0n) is 11.8. The Kier molecular flexibility index (Phi) is 5.60. The fourth-order valence-corrected chi connectivity index (χ4v) is 3.20. The number of piperidine rings is 1. The number of hydrogen-bond acceptors (Lipinski definition) is 5. The Morgan fingerprint density at radius 3 is 3.11 bits per heavy atom. The molecule has 0 spiro atoms. The topological polar surface area (TPSA) is 61.8 Å². The number of esters is 1. The summed E-state index contributed by atoms with van der Waals surface area (Å²) in [5, 5.41) is 13.2. The Labute approximate surface area is 115 Å². The van der Waals surface area contributed by atoms with Crippen molar-refractivity contribution in [2.45, 2.75) is 57.2 Å². The number of aliphatic hydroxyl groups is 1. The van der Waals surface area contributed by atoms with Gasteiger partial charge in [-0.3, -0.25) is 4.79 Å². The van der Waals surface area contributed by atoms with Crippen LogP contribution in [0.2, 0.25) is 0 Å². The van der Waals surface area contributed by atoms with Crippen molar-refractivity contribution in [2.24, 2.45) is 0 Å². The van der Waals surface area contributed by atoms with Crippen LogP contribution in [0.5, 0.6) is 0 Å². The van der Waals surface area contributed by atoms with E-state index in [1.54, 1.807) is 6.92 Å². The lowest BCUT2D eigenvalue weighted by Crippen LogP contribution is -2.47. The SMILES string of the molecule is CCOC(=O)CC(O)CNC1CCN2CCCC2C1. The number of fused-ring (bicyclic) bond motifs is 1. The van der Waals surface area contributed by atoms with Gasteiger partial charge in [0.15, 0.2) is 0 Å². The molecule has 2 saturated heterocycles. The maximum absolute atomic E-state index is 11.2. The molecule has 0 aromatic heterocycles. The molecule has 2 aliphatic heterocycles. The summed E-state index contributed by atoms with van der Waals surface area (Å²) in [4.78, 5) is 13.8. The fourth-order valence-electron chi connectivity index (χ4n) is 3.20. The second kappa shape index (κ2) is 7.22. The van der Waals surface area contributed by atoms with Crippen LogP contribution in [0.4, 0.5) is 0 Å². The molecule has 0 aromatic carbocycles. The number of nitrogens with zero attached hydrogens (tertiary/aromatic N) is 1. The molecular weight excluding hydrogens is 244 g/mol. The van der Waals surface area contributed by atoms with Gasteiger partial charge in [-0.05, 0) is 45.7 Å². The minimum atomic E-state index is -0.638. The number of carbonyl (C=O) groups is 1. The summed E-state index contributed by atoms with van der Waals surface area (Å²) in [6, 6.07) is 1.21. The van der Waals surface area contributed by atoms with Crippen LogP contribution in [0.15, 0.2) is 0 Å². The molecule has 3 unspecified atom stereocenters. The van der Waals surface area contributed by atoms with Crippen LogP contribution in [0, 0.1) is 0 Å². The van der Waals surface area contributed by atoms with Crippen molar-refractivity contribution in [3.63, 3.8) is 0 Å². The molecule has 5 heteroatoms. The summed E-state index contributed by atoms with van der Waals surface area (Å²) in [5.41, 5.74) is 0. The molecule has 2 N–H and O–H groups in total. The van der Waals surface area contributed by atoms with Crippen molar-refractivity contribution in [3.8, 4) is 0 Å². The molecule has 110 valence electrons. The molecule has 0 bridgehead atoms. The normalized spacial score (nSPS) is 28.9. The Morgan fingerprint density at radius 2 is 2.32 bits per heavy atom. The van der Waals surface area contributed by atoms with Crippen molar-refractivity contribution in [1.29, 1.82) is 0 Å². The summed E-state index contributed by atoms with van der Waals surface area (Å²) in [5.74, 6) is -0.317. The maximum atomic E-state index is 11.2. The highest BCUT2D eigenvalue weighted by Crippen LogP contribution is 2.26. The molecule has 19 heavy (non-hydrogen) atoms. The van der Waals surface area contributed by atoms with E-state index in [1.165, 1.54) is 25.8 Å². The molecule has 2 rings (SSSR count). The van der Waals surface area contributed by atoms with E-state index < -0.39 is 6.10 Å². The number of aliphatic hydroxyl groups excluding tert-OH is 1. The van der Waals surface area contributed by atoms with E-state index in [0.29, 0.717) is 19.2 Å². The third kappa shape index (κ3) is 4.44. The molecule has 0 radical (unpaired) electrons. The second-order valence-corrected chi connectivity index (χ2v) is 5.62. The fraction of sp³-hybridized carbons (Fsp3) is 0.929. The molecule has 0 amide bonds. The van der Waals surface area contributed by atoms with E-state index in [9.17, 15) is 9.90 Å². The van der Waals surface area contributed by atoms with Crippen molar-refractivity contribution in [3.05, 3.63) is 0 Å². The van der Waals surface area contributed by atoms with E-state index >= 15 is 0 Å². The largest absolute Gasteiger partial charge is 0.466 e. The zero-order chi connectivity index (χ0) is 13.7. The average molecular weight is 270 g/mol. The summed E-state index contributed by atoms with van der Waals surface area (Å²) < 4.78 is 4.83. The van der Waals surface area contributed by atoms with Crippen LogP contribution in [-0.4, -0.2) is 60.4 Å². The van der Waals surface area contributed by atoms with Crippen LogP contribution >= 0.6 is 0 Å². The second-order valence-electron chi connectivity index (χ2n) is 5.62. The number of carbonyl (C=O) groups excluding carboxylic acids is 1. The van der Waals surface area contributed by atoms with Gasteiger partial charge in [0.25, 0.3) is 0 Å². The van der Waals surface area contributed by atoms with Crippen LogP contribution in [-0.2, 0) is 9.53 Å². The minimum absolute atomic E-state index is 0.0864. The molecule has 0 aliphatic carbocycles. The lowest BCUT2D eigenvalue weighted by atomic mass is 9.97. The first-order chi connectivity index (χ1) is 9.19. The van der Waals surface area contributed by atoms with Gasteiger partial charge in [0.05, 0.1) is 19.1 Å². The van der Waals surface area contributed by atoms with Crippen LogP contribution in [0.3, 0.4) is 0 Å². The minimum Gasteiger partial charge on any atom is -0.466 e. The van der Waals surface area contributed by atoms with Gasteiger partial charge in [0, 0.05) is 18.6 Å². The van der Waals surface area contributed by atoms with Gasteiger partial charge in [-0.2, -0.15) is 0 Å². The van der Waals surface area contributed by atoms with Crippen LogP contribution in [0.1, 0.15) is 39.0 Å². The Balaban J connectivity index is 1.63. The van der Waals surface area contributed by atoms with E-state index in [0.717, 1.165) is 19.0 Å². The monoisotopic (exact) mass is 270 g/mol. The zero-order valence-corrected chi connectivity index (χ0v) is 11.8. The van der Waals surface area contributed by atoms with Gasteiger partial charge in [0.1, 0.15) is 0 Å². The molecule has 0 saturated carbocycles. The lowest BCUT2D eigenvalue weighted by molar-refractivity contribution is -0.145. The van der Waals surface area contributed by atoms with E-state index in [2.05, 4.69) is 10.2 Å². The van der Waals surface area contributed by atoms with Crippen molar-refractivity contribution in [2.75, 3.05) is 26.2 Å². The standard InChI is InChI=1S/C14H26N2O3/c1-2-19-14(18)9-13(17)10-15-11-5-7-16-6-3-4-12(16)8-11/h11-13,15,17H,2-10H2,1H3. The first-order valence-corrected chi connectivity index (χ1v) is 7.50. The van der Waals surface area contributed by atoms with Gasteiger partial charge < -0.3 is 20.1 Å². The van der Waals surface area contributed by atoms with E-state index in [4.69, 9.17) is 4.74 Å². The molecule has 5 nitrogen and oxygen atoms in total. The van der Waals surface area contributed by atoms with Gasteiger partial charge >= 0.3 is 5.97 Å². The highest BCUT2D eigenvalue weighted by molar-refractivity contribution is 5.69. The highest BCUT2D eigenvalue weighted by Gasteiger charge is 2.31. The molecule has 2 heterocycles. The van der Waals surface area contributed by atoms with Crippen molar-refractivity contribution >= 4 is 5.97 Å². The third-order valence-corrected chi connectivity index (χ3v) is 4.17. The van der Waals surface area contributed by atoms with Gasteiger partial charge in [0.2, 0.25) is 0 Å². The number of nitrogens with one attached hydrogen (secondary N) is 1. The predicted molar refractivity (Wildman–Crippen MR) is 72.9 cm³/mol. The summed E-state index contributed by atoms with van der Waals surface area (Å²) in [6.45, 7) is 5.05. The Hall–Kier alpha value is -0.650. The Bertz CT molecular complexity index is 298. The molecular formula is C14H26N2O3. The quantitative estimate of drug-likeness (QED) is 0.689. The number of rotatable bonds is 6. The van der Waals surface area contributed by atoms with Crippen LogP contribution < -0.4 is 5.32 Å². The highest BCUT2D eigenvalue weighted by atomic mass is 16.5. The summed E-state index contributed by atoms with van der Waals surface area (Å²) in [7, 11) is 0. The van der Waals surface area contributed by atoms with Gasteiger partial charge in [-0.15, -0.1) is 0 Å². The maximum Gasteiger partial charge on any atom is 0.308 e. The van der Waals surface area contributed by atoms with E-state index in [1.807, 2.05) is 0 Å². The molecule has 2 fully saturated rings. The molecule has 2 aliphatic rings. The smallest absolute Gasteiger partial charge is 0.308 e. The predicted octanol–water partition coefficient (Wildman–Crippen LogP) is 0.517. The third-order valence-electron chi connectivity index (χ3n) is 4.17. The molecule has 3 atom stereocenters. The summed E-state index contributed by atoms with van der Waals surface area (Å²) in [6.07, 6.45) is 4.39. The van der Waals surface area contributed by atoms with Crippen LogP contribution in [0.25, 0.3) is 0 Å². The average Bonchev–Trinajstić information content (AvgIpc) is 2.83. The molecule has 0 aromatic rings. The van der Waals surface area contributed by atoms with Crippen molar-refractivity contribution in [1.82, 2.24) is 10.2 Å². The van der Waals surface area contributed by atoms with Crippen molar-refractivity contribution < 1.29 is 14.6 Å². The number of hydrogen-bond donors (Lipinski definition) is 2. The lowest BCUT2D eigenvalue weighted by Gasteiger charge is -2.35. The first-order valence-electron chi connectivity index (χ1n) is 7.50. The summed E-state index contributed by atoms with van der Waals surface area (Å²) >= 11 is 0. The van der Waals surface area contributed by atoms with Gasteiger partial charge in [-0.1, -0.05) is 0 Å².